The molecule has 1 aliphatic heterocycles. The summed E-state index contributed by atoms with van der Waals surface area (Å²) in [6, 6.07) is 9.56. The molecule has 2 aromatic rings. The molecule has 0 saturated carbocycles. The molecule has 3 rings (SSSR count). The van der Waals surface area contributed by atoms with Crippen LogP contribution in [0.3, 0.4) is 0 Å². The lowest BCUT2D eigenvalue weighted by Gasteiger charge is -2.15. The number of hydrogen-bond donors (Lipinski definition) is 1. The standard InChI is InChI=1S/C22H22FIN2O4/c1-3-9-26-21(27)18(25-22(26)28)11-14-10-17(24)20(19(12-14)29-4-2)30-13-15-7-5-6-8-16(15)23/h5-8,10-12H,3-4,9,13H2,1-2H3,(H,25,28)/b18-11+. The van der Waals surface area contributed by atoms with E-state index in [2.05, 4.69) is 27.9 Å². The highest BCUT2D eigenvalue weighted by molar-refractivity contribution is 14.1. The van der Waals surface area contributed by atoms with Crippen LogP contribution < -0.4 is 14.8 Å². The Balaban J connectivity index is 1.87. The van der Waals surface area contributed by atoms with E-state index in [1.807, 2.05) is 19.9 Å². The van der Waals surface area contributed by atoms with Crippen molar-refractivity contribution in [3.63, 3.8) is 0 Å². The number of hydrogen-bond acceptors (Lipinski definition) is 4. The van der Waals surface area contributed by atoms with Gasteiger partial charge in [-0.3, -0.25) is 9.69 Å². The Morgan fingerprint density at radius 2 is 1.93 bits per heavy atom. The quantitative estimate of drug-likeness (QED) is 0.309. The number of halogens is 2. The molecule has 1 aliphatic rings. The molecule has 1 saturated heterocycles. The first kappa shape index (κ1) is 22.1. The number of nitrogens with one attached hydrogen (secondary N) is 1. The van der Waals surface area contributed by atoms with Gasteiger partial charge in [-0.15, -0.1) is 0 Å². The van der Waals surface area contributed by atoms with Gasteiger partial charge in [0.25, 0.3) is 5.91 Å². The summed E-state index contributed by atoms with van der Waals surface area (Å²) in [7, 11) is 0. The van der Waals surface area contributed by atoms with E-state index in [1.165, 1.54) is 11.0 Å². The fraction of sp³-hybridized carbons (Fsp3) is 0.273. The minimum Gasteiger partial charge on any atom is -0.490 e. The van der Waals surface area contributed by atoms with Crippen molar-refractivity contribution in [2.24, 2.45) is 0 Å². The van der Waals surface area contributed by atoms with Crippen LogP contribution in [0.15, 0.2) is 42.1 Å². The van der Waals surface area contributed by atoms with Gasteiger partial charge in [0.15, 0.2) is 11.5 Å². The molecule has 0 unspecified atom stereocenters. The summed E-state index contributed by atoms with van der Waals surface area (Å²) >= 11 is 2.11. The van der Waals surface area contributed by atoms with Gasteiger partial charge in [-0.1, -0.05) is 25.1 Å². The van der Waals surface area contributed by atoms with E-state index in [0.29, 0.717) is 42.2 Å². The van der Waals surface area contributed by atoms with Gasteiger partial charge < -0.3 is 14.8 Å². The monoisotopic (exact) mass is 524 g/mol. The Hall–Kier alpha value is -2.62. The predicted octanol–water partition coefficient (Wildman–Crippen LogP) is 4.71. The smallest absolute Gasteiger partial charge is 0.329 e. The number of ether oxygens (including phenoxy) is 2. The predicted molar refractivity (Wildman–Crippen MR) is 120 cm³/mol. The van der Waals surface area contributed by atoms with Gasteiger partial charge in [-0.05, 0) is 65.8 Å². The number of carbonyl (C=O) groups excluding carboxylic acids is 2. The van der Waals surface area contributed by atoms with Crippen molar-refractivity contribution < 1.29 is 23.5 Å². The number of imide groups is 1. The van der Waals surface area contributed by atoms with Gasteiger partial charge in [-0.2, -0.15) is 0 Å². The van der Waals surface area contributed by atoms with Crippen LogP contribution in [0.5, 0.6) is 11.5 Å². The zero-order valence-electron chi connectivity index (χ0n) is 16.7. The Morgan fingerprint density at radius 3 is 2.63 bits per heavy atom. The summed E-state index contributed by atoms with van der Waals surface area (Å²) in [5.41, 5.74) is 1.34. The molecule has 0 atom stereocenters. The number of rotatable bonds is 8. The zero-order chi connectivity index (χ0) is 21.7. The highest BCUT2D eigenvalue weighted by Crippen LogP contribution is 2.36. The van der Waals surface area contributed by atoms with E-state index in [-0.39, 0.29) is 24.0 Å². The molecule has 8 heteroatoms. The van der Waals surface area contributed by atoms with Gasteiger partial charge in [0.1, 0.15) is 18.1 Å². The second-order valence-corrected chi connectivity index (χ2v) is 7.75. The van der Waals surface area contributed by atoms with Crippen LogP contribution in [0, 0.1) is 9.39 Å². The molecule has 0 bridgehead atoms. The van der Waals surface area contributed by atoms with Gasteiger partial charge in [0.05, 0.1) is 10.2 Å². The normalized spacial score (nSPS) is 14.9. The Bertz CT molecular complexity index is 993. The van der Waals surface area contributed by atoms with Crippen LogP contribution in [0.4, 0.5) is 9.18 Å². The maximum atomic E-state index is 13.9. The summed E-state index contributed by atoms with van der Waals surface area (Å²) < 4.78 is 26.2. The Kier molecular flexibility index (Phi) is 7.30. The molecule has 0 spiro atoms. The lowest BCUT2D eigenvalue weighted by Crippen LogP contribution is -2.31. The fourth-order valence-corrected chi connectivity index (χ4v) is 3.79. The first-order chi connectivity index (χ1) is 14.4. The molecule has 1 heterocycles. The van der Waals surface area contributed by atoms with Crippen molar-refractivity contribution in [3.05, 3.63) is 62.6 Å². The second-order valence-electron chi connectivity index (χ2n) is 6.59. The summed E-state index contributed by atoms with van der Waals surface area (Å²) in [5.74, 6) is 0.292. The van der Waals surface area contributed by atoms with E-state index in [1.54, 1.807) is 30.3 Å². The minimum absolute atomic E-state index is 0.0592. The molecule has 0 aromatic heterocycles. The van der Waals surface area contributed by atoms with E-state index < -0.39 is 6.03 Å². The minimum atomic E-state index is -0.419. The first-order valence-electron chi connectivity index (χ1n) is 9.61. The number of benzene rings is 2. The molecule has 0 radical (unpaired) electrons. The van der Waals surface area contributed by atoms with Crippen molar-refractivity contribution in [1.82, 2.24) is 10.2 Å². The SMILES string of the molecule is CCCN1C(=O)N/C(=C/c2cc(I)c(OCc3ccccc3F)c(OCC)c2)C1=O. The number of nitrogens with zero attached hydrogens (tertiary/aromatic N) is 1. The van der Waals surface area contributed by atoms with Gasteiger partial charge in [0, 0.05) is 12.1 Å². The summed E-state index contributed by atoms with van der Waals surface area (Å²) in [6.07, 6.45) is 2.30. The van der Waals surface area contributed by atoms with E-state index in [0.717, 1.165) is 3.57 Å². The molecule has 3 amide bonds. The van der Waals surface area contributed by atoms with E-state index >= 15 is 0 Å². The number of carbonyl (C=O) groups is 2. The molecule has 30 heavy (non-hydrogen) atoms. The summed E-state index contributed by atoms with van der Waals surface area (Å²) in [5, 5.41) is 2.61. The fourth-order valence-electron chi connectivity index (χ4n) is 3.00. The third-order valence-electron chi connectivity index (χ3n) is 4.38. The molecular formula is C22H22FIN2O4. The lowest BCUT2D eigenvalue weighted by molar-refractivity contribution is -0.122. The van der Waals surface area contributed by atoms with Crippen molar-refractivity contribution in [1.29, 1.82) is 0 Å². The number of amides is 3. The third kappa shape index (κ3) is 4.92. The third-order valence-corrected chi connectivity index (χ3v) is 5.18. The van der Waals surface area contributed by atoms with Crippen LogP contribution in [0.25, 0.3) is 6.08 Å². The second kappa shape index (κ2) is 9.92. The largest absolute Gasteiger partial charge is 0.490 e. The van der Waals surface area contributed by atoms with Crippen LogP contribution >= 0.6 is 22.6 Å². The zero-order valence-corrected chi connectivity index (χ0v) is 18.9. The average molecular weight is 524 g/mol. The van der Waals surface area contributed by atoms with E-state index in [4.69, 9.17) is 9.47 Å². The highest BCUT2D eigenvalue weighted by Gasteiger charge is 2.32. The lowest BCUT2D eigenvalue weighted by atomic mass is 10.1. The average Bonchev–Trinajstić information content (AvgIpc) is 2.96. The van der Waals surface area contributed by atoms with Gasteiger partial charge >= 0.3 is 6.03 Å². The maximum absolute atomic E-state index is 13.9. The molecular weight excluding hydrogens is 502 g/mol. The topological polar surface area (TPSA) is 67.9 Å². The Labute approximate surface area is 188 Å². The first-order valence-corrected chi connectivity index (χ1v) is 10.7. The van der Waals surface area contributed by atoms with Crippen LogP contribution in [0.1, 0.15) is 31.4 Å². The summed E-state index contributed by atoms with van der Waals surface area (Å²) in [4.78, 5) is 25.6. The van der Waals surface area contributed by atoms with E-state index in [9.17, 15) is 14.0 Å². The van der Waals surface area contributed by atoms with Crippen molar-refractivity contribution in [3.8, 4) is 11.5 Å². The van der Waals surface area contributed by atoms with Crippen LogP contribution in [-0.4, -0.2) is 30.0 Å². The molecule has 158 valence electrons. The molecule has 6 nitrogen and oxygen atoms in total. The van der Waals surface area contributed by atoms with Crippen LogP contribution in [-0.2, 0) is 11.4 Å². The molecule has 2 aromatic carbocycles. The van der Waals surface area contributed by atoms with Gasteiger partial charge in [0.2, 0.25) is 0 Å². The van der Waals surface area contributed by atoms with Crippen molar-refractivity contribution >= 4 is 40.6 Å². The van der Waals surface area contributed by atoms with Crippen molar-refractivity contribution in [2.75, 3.05) is 13.2 Å². The van der Waals surface area contributed by atoms with Crippen LogP contribution in [0.2, 0.25) is 0 Å². The molecule has 0 aliphatic carbocycles. The van der Waals surface area contributed by atoms with Crippen molar-refractivity contribution in [2.45, 2.75) is 26.9 Å². The van der Waals surface area contributed by atoms with Gasteiger partial charge in [-0.25, -0.2) is 9.18 Å². The summed E-state index contributed by atoms with van der Waals surface area (Å²) in [6.45, 7) is 4.59. The maximum Gasteiger partial charge on any atom is 0.329 e. The molecule has 1 fully saturated rings. The number of urea groups is 1. The molecule has 1 N–H and O–H groups in total. The highest BCUT2D eigenvalue weighted by atomic mass is 127. The Morgan fingerprint density at radius 1 is 1.17 bits per heavy atom.